The lowest BCUT2D eigenvalue weighted by Crippen LogP contribution is -2.33. The average Bonchev–Trinajstić information content (AvgIpc) is 3.30. The zero-order valence-corrected chi connectivity index (χ0v) is 46.8. The Bertz CT molecular complexity index is 718. The molecule has 3 nitrogen and oxygen atoms in total. The fraction of sp³-hybridized carbons (Fsp3) is 1.00. The summed E-state index contributed by atoms with van der Waals surface area (Å²) >= 11 is -2.26. The molecule has 3 atom stereocenters. The molecule has 0 saturated carbocycles. The van der Waals surface area contributed by atoms with Crippen LogP contribution in [0.15, 0.2) is 0 Å². The van der Waals surface area contributed by atoms with Gasteiger partial charge < -0.3 is 11.4 Å². The molecule has 0 spiro atoms. The Hall–Kier alpha value is 0.412. The summed E-state index contributed by atoms with van der Waals surface area (Å²) in [4.78, 5) is 0. The monoisotopic (exact) mass is 919 g/mol. The van der Waals surface area contributed by atoms with Crippen molar-refractivity contribution < 1.29 is 11.4 Å². The van der Waals surface area contributed by atoms with E-state index in [4.69, 9.17) is 11.4 Å². The van der Waals surface area contributed by atoms with E-state index >= 15 is 0 Å². The van der Waals surface area contributed by atoms with Crippen molar-refractivity contribution in [2.45, 2.75) is 350 Å². The van der Waals surface area contributed by atoms with Gasteiger partial charge in [-0.25, -0.2) is 0 Å². The van der Waals surface area contributed by atoms with Crippen molar-refractivity contribution in [1.82, 2.24) is 0 Å². The van der Waals surface area contributed by atoms with Crippen molar-refractivity contribution in [2.75, 3.05) is 19.8 Å². The normalized spacial score (nSPS) is 13.2. The Morgan fingerprint density at radius 3 is 0.500 bits per heavy atom. The lowest BCUT2D eigenvalue weighted by atomic mass is 9.95. The molecule has 0 aromatic heterocycles. The summed E-state index contributed by atoms with van der Waals surface area (Å²) in [6, 6.07) is 0. The number of hydrogen-bond donors (Lipinski definition) is 0. The van der Waals surface area contributed by atoms with Crippen molar-refractivity contribution in [3.8, 4) is 0 Å². The summed E-state index contributed by atoms with van der Waals surface area (Å²) in [5.41, 5.74) is 0. The summed E-state index contributed by atoms with van der Waals surface area (Å²) in [6.45, 7) is 16.6. The second-order valence-electron chi connectivity index (χ2n) is 21.3. The van der Waals surface area contributed by atoms with Crippen LogP contribution in [0.1, 0.15) is 350 Å². The van der Waals surface area contributed by atoms with Crippen molar-refractivity contribution >= 4 is 15.1 Å². The maximum absolute atomic E-state index is 7.04. The summed E-state index contributed by atoms with van der Waals surface area (Å²) in [7, 11) is 0. The largest absolute Gasteiger partial charge is 0.905 e. The van der Waals surface area contributed by atoms with Crippen LogP contribution < -0.4 is 0 Å². The predicted octanol–water partition coefficient (Wildman–Crippen LogP) is 21.7. The molecule has 0 radical (unpaired) electrons. The van der Waals surface area contributed by atoms with Crippen molar-refractivity contribution in [2.24, 2.45) is 17.8 Å². The van der Waals surface area contributed by atoms with Gasteiger partial charge in [0.1, 0.15) is 0 Å². The minimum atomic E-state index is -2.26. The van der Waals surface area contributed by atoms with Crippen LogP contribution >= 0.6 is 0 Å². The van der Waals surface area contributed by atoms with E-state index in [1.165, 1.54) is 308 Å². The highest BCUT2D eigenvalue weighted by molar-refractivity contribution is 6.36. The van der Waals surface area contributed by atoms with Crippen molar-refractivity contribution in [3.05, 3.63) is 0 Å². The van der Waals surface area contributed by atoms with E-state index < -0.39 is 15.1 Å². The van der Waals surface area contributed by atoms with Gasteiger partial charge in [-0.2, -0.15) is 0 Å². The van der Waals surface area contributed by atoms with E-state index in [9.17, 15) is 0 Å². The van der Waals surface area contributed by atoms with Crippen LogP contribution in [-0.2, 0) is 11.4 Å². The summed E-state index contributed by atoms with van der Waals surface area (Å²) in [6.07, 6.45) is 66.4. The second kappa shape index (κ2) is 56.0. The van der Waals surface area contributed by atoms with Gasteiger partial charge in [0, 0.05) is 19.8 Å². The summed E-state index contributed by atoms with van der Waals surface area (Å²) < 4.78 is 21.1. The average molecular weight is 920 g/mol. The van der Waals surface area contributed by atoms with Gasteiger partial charge in [0.25, 0.3) is 0 Å². The van der Waals surface area contributed by atoms with Crippen LogP contribution in [0.5, 0.6) is 0 Å². The van der Waals surface area contributed by atoms with Crippen LogP contribution in [0, 0.1) is 17.8 Å². The minimum absolute atomic E-state index is 0.654. The van der Waals surface area contributed by atoms with E-state index in [1.807, 2.05) is 0 Å². The van der Waals surface area contributed by atoms with Crippen LogP contribution in [0.4, 0.5) is 0 Å². The Labute approximate surface area is 411 Å². The SMILES string of the molecule is CCCCCCCCCCC(CCCCCCCC)C[O][Al]([O]CC(CCCCCCCC)CCCCCCCCCC)[O]CC(CCCCCCCC)CCCCCCCCCC. The van der Waals surface area contributed by atoms with Crippen LogP contribution in [0.3, 0.4) is 0 Å². The molecule has 0 rings (SSSR count). The zero-order valence-electron chi connectivity index (χ0n) is 45.6. The maximum Gasteiger partial charge on any atom is 0.905 e. The van der Waals surface area contributed by atoms with Crippen LogP contribution in [0.25, 0.3) is 0 Å². The Kier molecular flexibility index (Phi) is 56.4. The third-order valence-corrected chi connectivity index (χ3v) is 16.1. The molecule has 384 valence electrons. The molecule has 0 fully saturated rings. The lowest BCUT2D eigenvalue weighted by Gasteiger charge is -2.24. The van der Waals surface area contributed by atoms with Gasteiger partial charge in [0.15, 0.2) is 0 Å². The molecule has 0 aromatic rings. The smallest absolute Gasteiger partial charge is 0.454 e. The number of hydrogen-bond acceptors (Lipinski definition) is 3. The van der Waals surface area contributed by atoms with Gasteiger partial charge >= 0.3 is 15.1 Å². The first kappa shape index (κ1) is 64.4. The van der Waals surface area contributed by atoms with E-state index in [0.717, 1.165) is 19.8 Å². The fourth-order valence-corrected chi connectivity index (χ4v) is 11.6. The van der Waals surface area contributed by atoms with E-state index in [-0.39, 0.29) is 0 Å². The van der Waals surface area contributed by atoms with E-state index in [2.05, 4.69) is 41.5 Å². The third kappa shape index (κ3) is 48.9. The summed E-state index contributed by atoms with van der Waals surface area (Å²) in [5, 5.41) is 0. The van der Waals surface area contributed by atoms with Gasteiger partial charge in [0.2, 0.25) is 0 Å². The van der Waals surface area contributed by atoms with Crippen LogP contribution in [-0.4, -0.2) is 35.0 Å². The molecule has 0 aliphatic carbocycles. The Morgan fingerprint density at radius 2 is 0.344 bits per heavy atom. The molecule has 0 saturated heterocycles. The fourth-order valence-electron chi connectivity index (χ4n) is 10.1. The molecular weight excluding hydrogens is 796 g/mol. The Balaban J connectivity index is 5.83. The molecule has 3 unspecified atom stereocenters. The predicted molar refractivity (Wildman–Crippen MR) is 290 cm³/mol. The van der Waals surface area contributed by atoms with Gasteiger partial charge in [-0.15, -0.1) is 0 Å². The molecule has 0 aliphatic rings. The highest BCUT2D eigenvalue weighted by Gasteiger charge is 2.34. The highest BCUT2D eigenvalue weighted by atomic mass is 27.3. The van der Waals surface area contributed by atoms with Crippen LogP contribution in [0.2, 0.25) is 0 Å². The maximum atomic E-state index is 7.04. The third-order valence-electron chi connectivity index (χ3n) is 14.7. The molecular formula is C60H123AlO3. The molecule has 4 heteroatoms. The zero-order chi connectivity index (χ0) is 46.5. The number of unbranched alkanes of at least 4 members (excludes halogenated alkanes) is 36. The van der Waals surface area contributed by atoms with Gasteiger partial charge in [-0.3, -0.25) is 0 Å². The minimum Gasteiger partial charge on any atom is -0.454 e. The first-order valence-corrected chi connectivity index (χ1v) is 31.9. The first-order valence-electron chi connectivity index (χ1n) is 30.5. The molecule has 0 aliphatic heterocycles. The van der Waals surface area contributed by atoms with Crippen molar-refractivity contribution in [1.29, 1.82) is 0 Å². The molecule has 0 bridgehead atoms. The van der Waals surface area contributed by atoms with E-state index in [1.54, 1.807) is 0 Å². The first-order chi connectivity index (χ1) is 31.6. The molecule has 0 aromatic carbocycles. The quantitative estimate of drug-likeness (QED) is 0.0449. The lowest BCUT2D eigenvalue weighted by molar-refractivity contribution is 0.0508. The molecule has 0 amide bonds. The molecule has 64 heavy (non-hydrogen) atoms. The summed E-state index contributed by atoms with van der Waals surface area (Å²) in [5.74, 6) is 1.96. The second-order valence-corrected chi connectivity index (χ2v) is 22.9. The molecule has 0 heterocycles. The number of rotatable bonds is 57. The standard InChI is InChI=1S/3C20H41O.Al/c3*1-3-5-7-9-11-12-14-16-18-20(19-21)17-15-13-10-8-6-4-2;/h3*20H,3-19H2,1-2H3;/q3*-1;+3. The highest BCUT2D eigenvalue weighted by Crippen LogP contribution is 2.25. The Morgan fingerprint density at radius 1 is 0.203 bits per heavy atom. The topological polar surface area (TPSA) is 27.7 Å². The van der Waals surface area contributed by atoms with Gasteiger partial charge in [-0.05, 0) is 56.3 Å². The van der Waals surface area contributed by atoms with Gasteiger partial charge in [0.05, 0.1) is 0 Å². The molecule has 0 N–H and O–H groups in total. The van der Waals surface area contributed by atoms with Crippen molar-refractivity contribution in [3.63, 3.8) is 0 Å². The van der Waals surface area contributed by atoms with E-state index in [0.29, 0.717) is 17.8 Å². The van der Waals surface area contributed by atoms with Gasteiger partial charge in [-0.1, -0.05) is 311 Å².